The van der Waals surface area contributed by atoms with Crippen molar-refractivity contribution in [3.63, 3.8) is 0 Å². The number of fused-ring (bicyclic) bond motifs is 1. The van der Waals surface area contributed by atoms with Gasteiger partial charge in [-0.3, -0.25) is 0 Å². The third-order valence-electron chi connectivity index (χ3n) is 5.23. The van der Waals surface area contributed by atoms with E-state index in [0.29, 0.717) is 28.8 Å². The van der Waals surface area contributed by atoms with E-state index in [2.05, 4.69) is 30.7 Å². The number of alkyl halides is 1. The third kappa shape index (κ3) is 4.10. The van der Waals surface area contributed by atoms with Gasteiger partial charge in [0.15, 0.2) is 0 Å². The zero-order valence-corrected chi connectivity index (χ0v) is 19.0. The van der Waals surface area contributed by atoms with Crippen molar-refractivity contribution in [1.29, 1.82) is 0 Å². The molecule has 1 saturated carbocycles. The highest BCUT2D eigenvalue weighted by Crippen LogP contribution is 2.47. The Hall–Kier alpha value is -1.43. The second kappa shape index (κ2) is 8.01. The summed E-state index contributed by atoms with van der Waals surface area (Å²) in [5, 5.41) is 1.81. The van der Waals surface area contributed by atoms with E-state index in [1.54, 1.807) is 17.4 Å². The van der Waals surface area contributed by atoms with Gasteiger partial charge in [0.05, 0.1) is 15.4 Å². The van der Waals surface area contributed by atoms with E-state index in [1.165, 1.54) is 6.33 Å². The first kappa shape index (κ1) is 20.8. The van der Waals surface area contributed by atoms with E-state index in [0.717, 1.165) is 39.1 Å². The summed E-state index contributed by atoms with van der Waals surface area (Å²) in [6.45, 7) is 6.47. The van der Waals surface area contributed by atoms with E-state index >= 15 is 0 Å². The van der Waals surface area contributed by atoms with Crippen LogP contribution in [-0.2, 0) is 5.41 Å². The van der Waals surface area contributed by atoms with Crippen LogP contribution in [0, 0.1) is 0 Å². The molecule has 1 aliphatic rings. The van der Waals surface area contributed by atoms with Gasteiger partial charge >= 0.3 is 0 Å². The average molecular weight is 453 g/mol. The fraction of sp³-hybridized carbons (Fsp3) is 0.455. The van der Waals surface area contributed by atoms with Gasteiger partial charge in [-0.2, -0.15) is 0 Å². The molecule has 0 spiro atoms. The zero-order chi connectivity index (χ0) is 20.8. The van der Waals surface area contributed by atoms with Crippen molar-refractivity contribution in [2.45, 2.75) is 64.1 Å². The van der Waals surface area contributed by atoms with Gasteiger partial charge in [-0.25, -0.2) is 14.4 Å². The van der Waals surface area contributed by atoms with Crippen molar-refractivity contribution in [2.24, 2.45) is 0 Å². The Morgan fingerprint density at radius 3 is 2.55 bits per heavy atom. The van der Waals surface area contributed by atoms with Crippen molar-refractivity contribution in [1.82, 2.24) is 9.97 Å². The van der Waals surface area contributed by atoms with Crippen LogP contribution in [0.4, 0.5) is 4.39 Å². The first-order valence-electron chi connectivity index (χ1n) is 9.80. The molecule has 1 fully saturated rings. The molecule has 3 nitrogen and oxygen atoms in total. The van der Waals surface area contributed by atoms with Crippen molar-refractivity contribution in [3.05, 3.63) is 39.4 Å². The zero-order valence-electron chi connectivity index (χ0n) is 16.6. The summed E-state index contributed by atoms with van der Waals surface area (Å²) in [4.78, 5) is 10.9. The number of nitrogens with zero attached hydrogens (tertiary/aromatic N) is 2. The highest BCUT2D eigenvalue weighted by Gasteiger charge is 2.31. The molecular formula is C22H23Cl2FN2OS. The van der Waals surface area contributed by atoms with Crippen LogP contribution in [0.25, 0.3) is 21.3 Å². The van der Waals surface area contributed by atoms with Crippen molar-refractivity contribution in [3.8, 4) is 17.0 Å². The molecule has 3 aromatic rings. The molecule has 0 radical (unpaired) electrons. The molecule has 2 unspecified atom stereocenters. The molecule has 2 aromatic heterocycles. The summed E-state index contributed by atoms with van der Waals surface area (Å²) >= 11 is 14.1. The number of rotatable bonds is 3. The second-order valence-electron chi connectivity index (χ2n) is 8.50. The molecule has 0 N–H and O–H groups in total. The monoisotopic (exact) mass is 452 g/mol. The molecule has 1 aliphatic carbocycles. The largest absolute Gasteiger partial charge is 0.471 e. The molecule has 7 heteroatoms. The summed E-state index contributed by atoms with van der Waals surface area (Å²) in [5.41, 5.74) is 1.78. The maximum absolute atomic E-state index is 14.5. The minimum atomic E-state index is -0.970. The van der Waals surface area contributed by atoms with Crippen molar-refractivity contribution < 1.29 is 9.13 Å². The minimum absolute atomic E-state index is 0.127. The van der Waals surface area contributed by atoms with Gasteiger partial charge in [0.25, 0.3) is 0 Å². The van der Waals surface area contributed by atoms with Crippen molar-refractivity contribution >= 4 is 44.8 Å². The van der Waals surface area contributed by atoms with Crippen LogP contribution in [0.3, 0.4) is 0 Å². The van der Waals surface area contributed by atoms with Crippen LogP contribution in [0.1, 0.15) is 51.3 Å². The number of thiophene rings is 1. The molecule has 0 amide bonds. The smallest absolute Gasteiger partial charge is 0.226 e. The molecule has 29 heavy (non-hydrogen) atoms. The summed E-state index contributed by atoms with van der Waals surface area (Å²) in [6, 6.07) is 5.59. The molecule has 2 atom stereocenters. The maximum Gasteiger partial charge on any atom is 0.226 e. The normalized spacial score (nSPS) is 20.2. The Morgan fingerprint density at radius 2 is 1.86 bits per heavy atom. The van der Waals surface area contributed by atoms with Gasteiger partial charge in [0.2, 0.25) is 5.88 Å². The van der Waals surface area contributed by atoms with Gasteiger partial charge in [0, 0.05) is 10.4 Å². The van der Waals surface area contributed by atoms with Crippen LogP contribution in [0.2, 0.25) is 10.0 Å². The fourth-order valence-electron chi connectivity index (χ4n) is 3.78. The SMILES string of the molecule is CC(C)(C)c1sc2ncnc(OC3CCCCC3F)c2c1-c1ccc(Cl)c(Cl)c1. The predicted octanol–water partition coefficient (Wildman–Crippen LogP) is 7.62. The topological polar surface area (TPSA) is 35.0 Å². The first-order valence-corrected chi connectivity index (χ1v) is 11.4. The summed E-state index contributed by atoms with van der Waals surface area (Å²) in [7, 11) is 0. The lowest BCUT2D eigenvalue weighted by Gasteiger charge is -2.26. The summed E-state index contributed by atoms with van der Waals surface area (Å²) in [6.07, 6.45) is 3.16. The summed E-state index contributed by atoms with van der Waals surface area (Å²) < 4.78 is 20.6. The van der Waals surface area contributed by atoms with Crippen LogP contribution >= 0.6 is 34.5 Å². The van der Waals surface area contributed by atoms with E-state index < -0.39 is 12.3 Å². The third-order valence-corrected chi connectivity index (χ3v) is 7.49. The average Bonchev–Trinajstić information content (AvgIpc) is 3.07. The minimum Gasteiger partial charge on any atom is -0.471 e. The molecular weight excluding hydrogens is 430 g/mol. The van der Waals surface area contributed by atoms with E-state index in [-0.39, 0.29) is 5.41 Å². The van der Waals surface area contributed by atoms with Crippen LogP contribution in [-0.4, -0.2) is 22.2 Å². The Balaban J connectivity index is 1.92. The van der Waals surface area contributed by atoms with Crippen LogP contribution in [0.5, 0.6) is 5.88 Å². The lowest BCUT2D eigenvalue weighted by atomic mass is 9.88. The second-order valence-corrected chi connectivity index (χ2v) is 10.3. The van der Waals surface area contributed by atoms with Gasteiger partial charge < -0.3 is 4.74 Å². The molecule has 154 valence electrons. The Kier molecular flexibility index (Phi) is 5.75. The van der Waals surface area contributed by atoms with E-state index in [1.807, 2.05) is 12.1 Å². The number of ether oxygens (including phenoxy) is 1. The van der Waals surface area contributed by atoms with E-state index in [4.69, 9.17) is 27.9 Å². The quantitative estimate of drug-likeness (QED) is 0.409. The molecule has 0 saturated heterocycles. The predicted molar refractivity (Wildman–Crippen MR) is 119 cm³/mol. The Bertz CT molecular complexity index is 1050. The highest BCUT2D eigenvalue weighted by atomic mass is 35.5. The Labute approximate surface area is 184 Å². The molecule has 0 bridgehead atoms. The first-order chi connectivity index (χ1) is 13.8. The van der Waals surface area contributed by atoms with Gasteiger partial charge in [-0.15, -0.1) is 11.3 Å². The fourth-order valence-corrected chi connectivity index (χ4v) is 5.29. The molecule has 2 heterocycles. The maximum atomic E-state index is 14.5. The highest BCUT2D eigenvalue weighted by molar-refractivity contribution is 7.19. The standard InChI is InChI=1S/C22H23Cl2FN2OS/c1-22(2,3)19-17(12-8-9-13(23)14(24)10-12)18-20(26-11-27-21(18)29-19)28-16-7-5-4-6-15(16)25/h8-11,15-16H,4-7H2,1-3H3. The summed E-state index contributed by atoms with van der Waals surface area (Å²) in [5.74, 6) is 0.442. The number of aromatic nitrogens is 2. The Morgan fingerprint density at radius 1 is 1.10 bits per heavy atom. The van der Waals surface area contributed by atoms with Crippen molar-refractivity contribution in [2.75, 3.05) is 0 Å². The van der Waals surface area contributed by atoms with Crippen LogP contribution < -0.4 is 4.74 Å². The van der Waals surface area contributed by atoms with E-state index in [9.17, 15) is 4.39 Å². The van der Waals surface area contributed by atoms with Gasteiger partial charge in [0.1, 0.15) is 23.4 Å². The lowest BCUT2D eigenvalue weighted by molar-refractivity contribution is 0.0614. The van der Waals surface area contributed by atoms with Crippen LogP contribution in [0.15, 0.2) is 24.5 Å². The molecule has 1 aromatic carbocycles. The molecule has 0 aliphatic heterocycles. The number of halogens is 3. The lowest BCUT2D eigenvalue weighted by Crippen LogP contribution is -2.32. The number of benzene rings is 1. The number of hydrogen-bond donors (Lipinski definition) is 0. The van der Waals surface area contributed by atoms with Gasteiger partial charge in [-0.05, 0) is 42.4 Å². The number of hydrogen-bond acceptors (Lipinski definition) is 4. The molecule has 4 rings (SSSR count). The van der Waals surface area contributed by atoms with Gasteiger partial charge in [-0.1, -0.05) is 56.5 Å².